The first kappa shape index (κ1) is 16.0. The van der Waals surface area contributed by atoms with Crippen molar-refractivity contribution in [3.05, 3.63) is 35.4 Å². The van der Waals surface area contributed by atoms with Crippen LogP contribution in [0.5, 0.6) is 0 Å². The number of likely N-dealkylation sites (tertiary alicyclic amines) is 1. The smallest absolute Gasteiger partial charge is 0.237 e. The first-order valence-corrected chi connectivity index (χ1v) is 7.88. The second-order valence-corrected chi connectivity index (χ2v) is 5.76. The standard InChI is InChI=1S/C17H26N2O2/c1-3-19-11-7-6-10-15(19)17(21)18-12-16(20)14-9-5-4-8-13(14)2/h4-5,8-9,15-16,20H,3,6-7,10-12H2,1-2H3,(H,18,21). The summed E-state index contributed by atoms with van der Waals surface area (Å²) in [5, 5.41) is 13.2. The van der Waals surface area contributed by atoms with Crippen LogP contribution in [0.2, 0.25) is 0 Å². The molecule has 1 heterocycles. The number of aryl methyl sites for hydroxylation is 1. The SMILES string of the molecule is CCN1CCCCC1C(=O)NCC(O)c1ccccc1C. The molecule has 1 aromatic carbocycles. The van der Waals surface area contributed by atoms with Crippen LogP contribution < -0.4 is 5.32 Å². The average Bonchev–Trinajstić information content (AvgIpc) is 2.52. The van der Waals surface area contributed by atoms with E-state index >= 15 is 0 Å². The predicted octanol–water partition coefficient (Wildman–Crippen LogP) is 2.02. The van der Waals surface area contributed by atoms with Gasteiger partial charge in [-0.2, -0.15) is 0 Å². The fourth-order valence-electron chi connectivity index (χ4n) is 3.05. The minimum atomic E-state index is -0.645. The zero-order valence-corrected chi connectivity index (χ0v) is 13.0. The molecule has 1 amide bonds. The minimum Gasteiger partial charge on any atom is -0.387 e. The quantitative estimate of drug-likeness (QED) is 0.872. The van der Waals surface area contributed by atoms with E-state index in [4.69, 9.17) is 0 Å². The van der Waals surface area contributed by atoms with Crippen LogP contribution in [0.1, 0.15) is 43.4 Å². The average molecular weight is 290 g/mol. The maximum absolute atomic E-state index is 12.3. The lowest BCUT2D eigenvalue weighted by Gasteiger charge is -2.33. The van der Waals surface area contributed by atoms with E-state index in [0.717, 1.165) is 37.1 Å². The van der Waals surface area contributed by atoms with Gasteiger partial charge in [-0.05, 0) is 44.0 Å². The number of nitrogens with one attached hydrogen (secondary N) is 1. The highest BCUT2D eigenvalue weighted by molar-refractivity contribution is 5.81. The van der Waals surface area contributed by atoms with Gasteiger partial charge in [0.2, 0.25) is 5.91 Å². The molecule has 1 aliphatic heterocycles. The van der Waals surface area contributed by atoms with E-state index in [-0.39, 0.29) is 18.5 Å². The Morgan fingerprint density at radius 2 is 2.19 bits per heavy atom. The van der Waals surface area contributed by atoms with Crippen molar-refractivity contribution in [1.29, 1.82) is 0 Å². The minimum absolute atomic E-state index is 0.0344. The Kier molecular flexibility index (Phi) is 5.76. The molecule has 0 radical (unpaired) electrons. The van der Waals surface area contributed by atoms with E-state index in [1.165, 1.54) is 6.42 Å². The summed E-state index contributed by atoms with van der Waals surface area (Å²) in [5.41, 5.74) is 1.93. The van der Waals surface area contributed by atoms with E-state index in [1.54, 1.807) is 0 Å². The molecule has 4 heteroatoms. The molecule has 0 saturated carbocycles. The van der Waals surface area contributed by atoms with Crippen LogP contribution in [0, 0.1) is 6.92 Å². The van der Waals surface area contributed by atoms with E-state index in [9.17, 15) is 9.90 Å². The molecule has 0 aliphatic carbocycles. The fourth-order valence-corrected chi connectivity index (χ4v) is 3.05. The van der Waals surface area contributed by atoms with Gasteiger partial charge in [0.1, 0.15) is 0 Å². The number of hydrogen-bond donors (Lipinski definition) is 2. The van der Waals surface area contributed by atoms with Crippen LogP contribution in [0.15, 0.2) is 24.3 Å². The van der Waals surface area contributed by atoms with Gasteiger partial charge in [-0.1, -0.05) is 37.6 Å². The molecule has 2 unspecified atom stereocenters. The molecule has 1 saturated heterocycles. The second-order valence-electron chi connectivity index (χ2n) is 5.76. The van der Waals surface area contributed by atoms with Crippen LogP contribution in [-0.2, 0) is 4.79 Å². The fraction of sp³-hybridized carbons (Fsp3) is 0.588. The molecule has 0 spiro atoms. The van der Waals surface area contributed by atoms with Gasteiger partial charge in [-0.3, -0.25) is 9.69 Å². The number of aliphatic hydroxyl groups excluding tert-OH is 1. The number of aliphatic hydroxyl groups is 1. The van der Waals surface area contributed by atoms with Crippen LogP contribution in [0.4, 0.5) is 0 Å². The lowest BCUT2D eigenvalue weighted by atomic mass is 10.0. The first-order valence-electron chi connectivity index (χ1n) is 7.88. The number of piperidine rings is 1. The molecule has 0 bridgehead atoms. The van der Waals surface area contributed by atoms with Gasteiger partial charge in [-0.25, -0.2) is 0 Å². The molecule has 2 rings (SSSR count). The normalized spacial score (nSPS) is 21.0. The van der Waals surface area contributed by atoms with Crippen molar-refractivity contribution in [3.8, 4) is 0 Å². The van der Waals surface area contributed by atoms with Crippen LogP contribution in [-0.4, -0.2) is 41.6 Å². The summed E-state index contributed by atoms with van der Waals surface area (Å²) in [4.78, 5) is 14.5. The third-order valence-electron chi connectivity index (χ3n) is 4.34. The number of rotatable bonds is 5. The summed E-state index contributed by atoms with van der Waals surface area (Å²) in [6.07, 6.45) is 2.55. The van der Waals surface area contributed by atoms with Crippen LogP contribution in [0.25, 0.3) is 0 Å². The van der Waals surface area contributed by atoms with Gasteiger partial charge < -0.3 is 10.4 Å². The summed E-state index contributed by atoms with van der Waals surface area (Å²) >= 11 is 0. The lowest BCUT2D eigenvalue weighted by molar-refractivity contribution is -0.128. The Hall–Kier alpha value is -1.39. The van der Waals surface area contributed by atoms with Gasteiger partial charge in [-0.15, -0.1) is 0 Å². The van der Waals surface area contributed by atoms with Crippen LogP contribution >= 0.6 is 0 Å². The Labute approximate surface area is 127 Å². The van der Waals surface area contributed by atoms with Crippen molar-refractivity contribution >= 4 is 5.91 Å². The number of nitrogens with zero attached hydrogens (tertiary/aromatic N) is 1. The van der Waals surface area contributed by atoms with Gasteiger partial charge >= 0.3 is 0 Å². The maximum atomic E-state index is 12.3. The van der Waals surface area contributed by atoms with Gasteiger partial charge in [0.05, 0.1) is 12.1 Å². The third kappa shape index (κ3) is 4.05. The molecule has 4 nitrogen and oxygen atoms in total. The van der Waals surface area contributed by atoms with Crippen molar-refractivity contribution in [1.82, 2.24) is 10.2 Å². The van der Waals surface area contributed by atoms with Crippen molar-refractivity contribution in [2.45, 2.75) is 45.3 Å². The Bertz CT molecular complexity index is 476. The highest BCUT2D eigenvalue weighted by Gasteiger charge is 2.27. The second kappa shape index (κ2) is 7.57. The highest BCUT2D eigenvalue weighted by atomic mass is 16.3. The summed E-state index contributed by atoms with van der Waals surface area (Å²) in [7, 11) is 0. The maximum Gasteiger partial charge on any atom is 0.237 e. The largest absolute Gasteiger partial charge is 0.387 e. The zero-order valence-electron chi connectivity index (χ0n) is 13.0. The molecule has 0 aromatic heterocycles. The van der Waals surface area contributed by atoms with Crippen LogP contribution in [0.3, 0.4) is 0 Å². The van der Waals surface area contributed by atoms with E-state index < -0.39 is 6.10 Å². The van der Waals surface area contributed by atoms with E-state index in [1.807, 2.05) is 31.2 Å². The molecule has 1 fully saturated rings. The molecule has 1 aromatic rings. The van der Waals surface area contributed by atoms with Gasteiger partial charge in [0, 0.05) is 6.54 Å². The third-order valence-corrected chi connectivity index (χ3v) is 4.34. The number of carbonyl (C=O) groups is 1. The molecule has 2 atom stereocenters. The number of amides is 1. The molecule has 21 heavy (non-hydrogen) atoms. The van der Waals surface area contributed by atoms with Gasteiger partial charge in [0.25, 0.3) is 0 Å². The van der Waals surface area contributed by atoms with E-state index in [0.29, 0.717) is 0 Å². The summed E-state index contributed by atoms with van der Waals surface area (Å²) in [5.74, 6) is 0.0455. The molecular formula is C17H26N2O2. The number of benzene rings is 1. The predicted molar refractivity (Wildman–Crippen MR) is 84.0 cm³/mol. The highest BCUT2D eigenvalue weighted by Crippen LogP contribution is 2.18. The Balaban J connectivity index is 1.90. The monoisotopic (exact) mass is 290 g/mol. The van der Waals surface area contributed by atoms with Gasteiger partial charge in [0.15, 0.2) is 0 Å². The zero-order chi connectivity index (χ0) is 15.2. The van der Waals surface area contributed by atoms with Crippen molar-refractivity contribution < 1.29 is 9.90 Å². The molecular weight excluding hydrogens is 264 g/mol. The topological polar surface area (TPSA) is 52.6 Å². The van der Waals surface area contributed by atoms with Crippen molar-refractivity contribution in [2.24, 2.45) is 0 Å². The number of likely N-dealkylation sites (N-methyl/N-ethyl adjacent to an activating group) is 1. The number of hydrogen-bond acceptors (Lipinski definition) is 3. The van der Waals surface area contributed by atoms with Crippen molar-refractivity contribution in [3.63, 3.8) is 0 Å². The Morgan fingerprint density at radius 1 is 1.43 bits per heavy atom. The van der Waals surface area contributed by atoms with Crippen molar-refractivity contribution in [2.75, 3.05) is 19.6 Å². The Morgan fingerprint density at radius 3 is 2.90 bits per heavy atom. The molecule has 116 valence electrons. The number of carbonyl (C=O) groups excluding carboxylic acids is 1. The van der Waals surface area contributed by atoms with E-state index in [2.05, 4.69) is 17.1 Å². The summed E-state index contributed by atoms with van der Waals surface area (Å²) in [6.45, 7) is 6.24. The summed E-state index contributed by atoms with van der Waals surface area (Å²) < 4.78 is 0. The summed E-state index contributed by atoms with van der Waals surface area (Å²) in [6, 6.07) is 7.71. The molecule has 2 N–H and O–H groups in total. The first-order chi connectivity index (χ1) is 10.1. The molecule has 1 aliphatic rings. The lowest BCUT2D eigenvalue weighted by Crippen LogP contribution is -2.49.